The third kappa shape index (κ3) is 5.02. The first-order chi connectivity index (χ1) is 15.6. The van der Waals surface area contributed by atoms with Crippen LogP contribution < -0.4 is 10.2 Å². The van der Waals surface area contributed by atoms with Crippen molar-refractivity contribution in [3.63, 3.8) is 0 Å². The van der Waals surface area contributed by atoms with Gasteiger partial charge in [-0.3, -0.25) is 14.7 Å². The third-order valence-corrected chi connectivity index (χ3v) is 7.78. The maximum absolute atomic E-state index is 15.2. The molecule has 2 saturated heterocycles. The van der Waals surface area contributed by atoms with E-state index in [1.165, 1.54) is 17.9 Å². The van der Waals surface area contributed by atoms with Crippen molar-refractivity contribution in [2.45, 2.75) is 25.4 Å². The van der Waals surface area contributed by atoms with E-state index in [0.717, 1.165) is 0 Å². The number of anilines is 1. The summed E-state index contributed by atoms with van der Waals surface area (Å²) in [6.07, 6.45) is 2.63. The Balaban J connectivity index is 1.44. The zero-order valence-corrected chi connectivity index (χ0v) is 19.4. The molecule has 0 aliphatic carbocycles. The smallest absolute Gasteiger partial charge is 0.414 e. The lowest BCUT2D eigenvalue weighted by atomic mass is 9.80. The lowest BCUT2D eigenvalue weighted by Crippen LogP contribution is -2.44. The van der Waals surface area contributed by atoms with Gasteiger partial charge in [0.2, 0.25) is 5.91 Å². The third-order valence-electron chi connectivity index (χ3n) is 6.17. The summed E-state index contributed by atoms with van der Waals surface area (Å²) in [4.78, 5) is 31.2. The van der Waals surface area contributed by atoms with E-state index in [-0.39, 0.29) is 30.5 Å². The Bertz CT molecular complexity index is 1120. The number of rotatable bonds is 4. The summed E-state index contributed by atoms with van der Waals surface area (Å²) in [5.74, 6) is 0.255. The van der Waals surface area contributed by atoms with Gasteiger partial charge in [-0.05, 0) is 23.8 Å². The van der Waals surface area contributed by atoms with Crippen molar-refractivity contribution in [2.75, 3.05) is 49.1 Å². The molecule has 11 heteroatoms. The van der Waals surface area contributed by atoms with Crippen LogP contribution in [0.25, 0.3) is 0 Å². The number of aliphatic imine (C=N–C) groups is 1. The molecule has 0 aromatic heterocycles. The first-order valence-corrected chi connectivity index (χ1v) is 12.6. The summed E-state index contributed by atoms with van der Waals surface area (Å²) in [7, 11) is -2.98. The molecule has 0 radical (unpaired) electrons. The van der Waals surface area contributed by atoms with Gasteiger partial charge in [0.05, 0.1) is 36.8 Å². The molecule has 0 spiro atoms. The van der Waals surface area contributed by atoms with Crippen molar-refractivity contribution < 1.29 is 27.1 Å². The molecule has 2 unspecified atom stereocenters. The van der Waals surface area contributed by atoms with Crippen LogP contribution in [-0.4, -0.2) is 81.5 Å². The average molecular weight is 479 g/mol. The number of hydrogen-bond acceptors (Lipinski definition) is 7. The van der Waals surface area contributed by atoms with E-state index in [2.05, 4.69) is 10.3 Å². The Hall–Kier alpha value is -2.95. The van der Waals surface area contributed by atoms with Crippen LogP contribution in [0.15, 0.2) is 35.3 Å². The highest BCUT2D eigenvalue weighted by molar-refractivity contribution is 7.91. The van der Waals surface area contributed by atoms with Gasteiger partial charge in [0.1, 0.15) is 17.8 Å². The zero-order chi connectivity index (χ0) is 23.8. The summed E-state index contributed by atoms with van der Waals surface area (Å²) >= 11 is 0. The molecule has 2 amide bonds. The topological polar surface area (TPSA) is 108 Å². The zero-order valence-electron chi connectivity index (χ0n) is 18.6. The molecular weight excluding hydrogens is 451 g/mol. The van der Waals surface area contributed by atoms with Crippen LogP contribution in [0.5, 0.6) is 0 Å². The van der Waals surface area contributed by atoms with Crippen LogP contribution in [0.3, 0.4) is 0 Å². The van der Waals surface area contributed by atoms with Gasteiger partial charge in [0, 0.05) is 25.4 Å². The van der Waals surface area contributed by atoms with E-state index in [1.807, 2.05) is 24.0 Å². The Labute approximate surface area is 192 Å². The molecule has 2 atom stereocenters. The molecule has 33 heavy (non-hydrogen) atoms. The van der Waals surface area contributed by atoms with E-state index >= 15 is 4.39 Å². The molecule has 3 heterocycles. The summed E-state index contributed by atoms with van der Waals surface area (Å²) in [5, 5.41) is 2.61. The second kappa shape index (κ2) is 8.77. The average Bonchev–Trinajstić information content (AvgIpc) is 3.13. The van der Waals surface area contributed by atoms with Gasteiger partial charge >= 0.3 is 6.09 Å². The van der Waals surface area contributed by atoms with Gasteiger partial charge in [-0.15, -0.1) is 0 Å². The number of amides is 2. The first kappa shape index (κ1) is 23.2. The van der Waals surface area contributed by atoms with Crippen LogP contribution in [-0.2, 0) is 24.8 Å². The summed E-state index contributed by atoms with van der Waals surface area (Å²) in [5.41, 5.74) is 0.163. The van der Waals surface area contributed by atoms with E-state index in [4.69, 9.17) is 4.74 Å². The summed E-state index contributed by atoms with van der Waals surface area (Å²) in [6, 6.07) is 4.64. The Morgan fingerprint density at radius 3 is 2.67 bits per heavy atom. The van der Waals surface area contributed by atoms with Crippen LogP contribution in [0.1, 0.15) is 19.4 Å². The quantitative estimate of drug-likeness (QED) is 0.698. The van der Waals surface area contributed by atoms with Crippen molar-refractivity contribution in [1.29, 1.82) is 0 Å². The normalized spacial score (nSPS) is 26.7. The molecule has 1 aromatic rings. The highest BCUT2D eigenvalue weighted by atomic mass is 32.2. The van der Waals surface area contributed by atoms with Crippen LogP contribution in [0.4, 0.5) is 14.9 Å². The largest absolute Gasteiger partial charge is 0.442 e. The van der Waals surface area contributed by atoms with Crippen molar-refractivity contribution in [2.24, 2.45) is 4.99 Å². The number of halogens is 1. The molecule has 3 aliphatic heterocycles. The minimum absolute atomic E-state index is 0.109. The Kier molecular flexibility index (Phi) is 6.17. The molecule has 4 rings (SSSR count). The van der Waals surface area contributed by atoms with Crippen LogP contribution in [0.2, 0.25) is 0 Å². The number of carbonyl (C=O) groups excluding carboxylic acids is 2. The molecule has 1 N–H and O–H groups in total. The molecule has 3 aliphatic rings. The highest BCUT2D eigenvalue weighted by Gasteiger charge is 2.35. The fourth-order valence-corrected chi connectivity index (χ4v) is 5.36. The number of sulfone groups is 1. The highest BCUT2D eigenvalue weighted by Crippen LogP contribution is 2.33. The van der Waals surface area contributed by atoms with Crippen molar-refractivity contribution in [3.8, 4) is 0 Å². The maximum Gasteiger partial charge on any atom is 0.414 e. The van der Waals surface area contributed by atoms with Crippen LogP contribution in [0, 0.1) is 5.82 Å². The molecular formula is C22H27FN4O5S. The Morgan fingerprint density at radius 2 is 2.06 bits per heavy atom. The predicted molar refractivity (Wildman–Crippen MR) is 122 cm³/mol. The van der Waals surface area contributed by atoms with Crippen molar-refractivity contribution in [3.05, 3.63) is 41.7 Å². The second-order valence-corrected chi connectivity index (χ2v) is 11.1. The molecule has 9 nitrogen and oxygen atoms in total. The lowest BCUT2D eigenvalue weighted by molar-refractivity contribution is -0.119. The van der Waals surface area contributed by atoms with Gasteiger partial charge in [-0.2, -0.15) is 0 Å². The number of hydrogen-bond donors (Lipinski definition) is 1. The molecule has 178 valence electrons. The van der Waals surface area contributed by atoms with Crippen molar-refractivity contribution >= 4 is 33.4 Å². The maximum atomic E-state index is 15.2. The SMILES string of the molecule is CC(=O)NCC1CN(c2ccc(C3(C)C=CC(N4CCS(=O)(=O)CC4)=NC3)c(F)c2)C(=O)O1. The van der Waals surface area contributed by atoms with Crippen LogP contribution >= 0.6 is 0 Å². The minimum atomic E-state index is -2.98. The molecule has 0 bridgehead atoms. The lowest BCUT2D eigenvalue weighted by Gasteiger charge is -2.34. The number of amidine groups is 1. The fraction of sp³-hybridized carbons (Fsp3) is 0.500. The minimum Gasteiger partial charge on any atom is -0.442 e. The van der Waals surface area contributed by atoms with Crippen molar-refractivity contribution in [1.82, 2.24) is 10.2 Å². The van der Waals surface area contributed by atoms with E-state index < -0.39 is 33.3 Å². The summed E-state index contributed by atoms with van der Waals surface area (Å²) in [6.45, 7) is 4.81. The van der Waals surface area contributed by atoms with E-state index in [9.17, 15) is 18.0 Å². The molecule has 0 saturated carbocycles. The van der Waals surface area contributed by atoms with E-state index in [1.54, 1.807) is 12.1 Å². The monoisotopic (exact) mass is 478 g/mol. The summed E-state index contributed by atoms with van der Waals surface area (Å²) < 4.78 is 43.7. The first-order valence-electron chi connectivity index (χ1n) is 10.8. The number of nitrogens with one attached hydrogen (secondary N) is 1. The van der Waals surface area contributed by atoms with Gasteiger partial charge < -0.3 is 15.0 Å². The van der Waals surface area contributed by atoms with E-state index in [0.29, 0.717) is 36.7 Å². The van der Waals surface area contributed by atoms with Gasteiger partial charge in [0.25, 0.3) is 0 Å². The number of benzene rings is 1. The second-order valence-electron chi connectivity index (χ2n) is 8.78. The van der Waals surface area contributed by atoms with Gasteiger partial charge in [-0.25, -0.2) is 17.6 Å². The molecule has 1 aromatic carbocycles. The fourth-order valence-electron chi connectivity index (χ4n) is 4.16. The predicted octanol–water partition coefficient (Wildman–Crippen LogP) is 1.24. The standard InChI is InChI=1S/C22H27FN4O5S/c1-15(28)24-12-17-13-27(21(29)32-17)16-3-4-18(19(23)11-16)22(2)6-5-20(25-14-22)26-7-9-33(30,31)10-8-26/h3-6,11,17H,7-10,12-14H2,1-2H3,(H,24,28). The number of carbonyl (C=O) groups is 2. The number of nitrogens with zero attached hydrogens (tertiary/aromatic N) is 3. The Morgan fingerprint density at radius 1 is 1.33 bits per heavy atom. The van der Waals surface area contributed by atoms with Gasteiger partial charge in [-0.1, -0.05) is 19.1 Å². The number of cyclic esters (lactones) is 1. The number of dihydropyridines is 1. The molecule has 2 fully saturated rings. The number of ether oxygens (including phenoxy) is 1. The van der Waals surface area contributed by atoms with Gasteiger partial charge in [0.15, 0.2) is 9.84 Å².